The highest BCUT2D eigenvalue weighted by atomic mass is 32.2. The summed E-state index contributed by atoms with van der Waals surface area (Å²) in [5.74, 6) is 0.0922. The maximum Gasteiger partial charge on any atom is 0.223 e. The summed E-state index contributed by atoms with van der Waals surface area (Å²) in [6.45, 7) is 1.91. The summed E-state index contributed by atoms with van der Waals surface area (Å²) in [5, 5.41) is -0.189. The van der Waals surface area contributed by atoms with Gasteiger partial charge in [0.25, 0.3) is 0 Å². The molecule has 2 atom stereocenters. The molecule has 0 N–H and O–H groups in total. The van der Waals surface area contributed by atoms with E-state index in [1.807, 2.05) is 4.90 Å². The van der Waals surface area contributed by atoms with Crippen LogP contribution >= 0.6 is 0 Å². The largest absolute Gasteiger partial charge is 0.338 e. The third-order valence-electron chi connectivity index (χ3n) is 6.05. The van der Waals surface area contributed by atoms with Crippen molar-refractivity contribution >= 4 is 15.7 Å². The zero-order valence-corrected chi connectivity index (χ0v) is 15.1. The van der Waals surface area contributed by atoms with Gasteiger partial charge in [-0.1, -0.05) is 12.8 Å². The SMILES string of the molecule is CN1CCC[C@@H]1[C@H]1CCCN1C(=O)CCS(=O)(=O)C1CCCC1. The molecular formula is C17H30N2O3S. The Labute approximate surface area is 140 Å². The van der Waals surface area contributed by atoms with Gasteiger partial charge in [0.1, 0.15) is 0 Å². The summed E-state index contributed by atoms with van der Waals surface area (Å²) in [6, 6.07) is 0.761. The minimum Gasteiger partial charge on any atom is -0.338 e. The number of carbonyl (C=O) groups is 1. The standard InChI is InChI=1S/C17H30N2O3S/c1-18-11-4-8-15(18)16-9-5-12-19(16)17(20)10-13-23(21,22)14-6-2-3-7-14/h14-16H,2-13H2,1H3/t15-,16-/m1/s1. The molecule has 0 aromatic carbocycles. The van der Waals surface area contributed by atoms with Crippen molar-refractivity contribution in [3.63, 3.8) is 0 Å². The van der Waals surface area contributed by atoms with Gasteiger partial charge in [0.05, 0.1) is 11.0 Å². The van der Waals surface area contributed by atoms with Crippen molar-refractivity contribution in [3.05, 3.63) is 0 Å². The molecule has 0 radical (unpaired) electrons. The number of hydrogen-bond acceptors (Lipinski definition) is 4. The van der Waals surface area contributed by atoms with Crippen LogP contribution in [0.4, 0.5) is 0 Å². The van der Waals surface area contributed by atoms with Crippen LogP contribution in [0.3, 0.4) is 0 Å². The van der Waals surface area contributed by atoms with Gasteiger partial charge in [0.2, 0.25) is 5.91 Å². The molecule has 2 heterocycles. The van der Waals surface area contributed by atoms with E-state index in [9.17, 15) is 13.2 Å². The number of likely N-dealkylation sites (N-methyl/N-ethyl adjacent to an activating group) is 1. The van der Waals surface area contributed by atoms with E-state index in [1.165, 1.54) is 6.42 Å². The lowest BCUT2D eigenvalue weighted by Gasteiger charge is -2.33. The predicted molar refractivity (Wildman–Crippen MR) is 91.0 cm³/mol. The maximum absolute atomic E-state index is 12.6. The van der Waals surface area contributed by atoms with E-state index < -0.39 is 9.84 Å². The fraction of sp³-hybridized carbons (Fsp3) is 0.941. The van der Waals surface area contributed by atoms with E-state index in [0.717, 1.165) is 58.0 Å². The topological polar surface area (TPSA) is 57.7 Å². The average molecular weight is 343 g/mol. The number of carbonyl (C=O) groups excluding carboxylic acids is 1. The van der Waals surface area contributed by atoms with Crippen molar-refractivity contribution in [3.8, 4) is 0 Å². The molecule has 6 heteroatoms. The zero-order valence-electron chi connectivity index (χ0n) is 14.2. The van der Waals surface area contributed by atoms with Crippen molar-refractivity contribution < 1.29 is 13.2 Å². The lowest BCUT2D eigenvalue weighted by atomic mass is 10.0. The molecule has 3 aliphatic rings. The Morgan fingerprint density at radius 3 is 2.26 bits per heavy atom. The highest BCUT2D eigenvalue weighted by Gasteiger charge is 2.38. The molecule has 1 saturated carbocycles. The average Bonchev–Trinajstić information content (AvgIpc) is 3.24. The van der Waals surface area contributed by atoms with Crippen LogP contribution in [0, 0.1) is 0 Å². The van der Waals surface area contributed by atoms with Crippen LogP contribution in [-0.4, -0.2) is 67.3 Å². The lowest BCUT2D eigenvalue weighted by Crippen LogP contribution is -2.47. The van der Waals surface area contributed by atoms with Crippen LogP contribution in [-0.2, 0) is 14.6 Å². The summed E-state index contributed by atoms with van der Waals surface area (Å²) in [4.78, 5) is 17.0. The van der Waals surface area contributed by atoms with Gasteiger partial charge < -0.3 is 9.80 Å². The Kier molecular flexibility index (Phi) is 5.31. The van der Waals surface area contributed by atoms with Crippen molar-refractivity contribution in [2.45, 2.75) is 75.1 Å². The number of likely N-dealkylation sites (tertiary alicyclic amines) is 2. The summed E-state index contributed by atoms with van der Waals surface area (Å²) in [6.07, 6.45) is 8.25. The molecular weight excluding hydrogens is 312 g/mol. The third-order valence-corrected chi connectivity index (χ3v) is 8.31. The fourth-order valence-corrected chi connectivity index (χ4v) is 6.56. The van der Waals surface area contributed by atoms with Crippen LogP contribution in [0.1, 0.15) is 57.8 Å². The quantitative estimate of drug-likeness (QED) is 0.765. The third kappa shape index (κ3) is 3.73. The number of sulfone groups is 1. The first-order valence-electron chi connectivity index (χ1n) is 9.20. The van der Waals surface area contributed by atoms with Gasteiger partial charge in [0, 0.05) is 25.0 Å². The Morgan fingerprint density at radius 2 is 1.61 bits per heavy atom. The molecule has 0 aromatic heterocycles. The molecule has 3 rings (SSSR count). The van der Waals surface area contributed by atoms with E-state index >= 15 is 0 Å². The molecule has 0 unspecified atom stereocenters. The highest BCUT2D eigenvalue weighted by Crippen LogP contribution is 2.30. The Balaban J connectivity index is 1.57. The number of amides is 1. The second-order valence-electron chi connectivity index (χ2n) is 7.51. The molecule has 5 nitrogen and oxygen atoms in total. The molecule has 0 aromatic rings. The van der Waals surface area contributed by atoms with Gasteiger partial charge in [-0.05, 0) is 52.1 Å². The highest BCUT2D eigenvalue weighted by molar-refractivity contribution is 7.92. The maximum atomic E-state index is 12.6. The molecule has 23 heavy (non-hydrogen) atoms. The first-order valence-corrected chi connectivity index (χ1v) is 10.9. The van der Waals surface area contributed by atoms with Gasteiger partial charge in [-0.2, -0.15) is 0 Å². The molecule has 2 saturated heterocycles. The first-order chi connectivity index (χ1) is 11.0. The summed E-state index contributed by atoms with van der Waals surface area (Å²) < 4.78 is 24.7. The first kappa shape index (κ1) is 17.2. The Morgan fingerprint density at radius 1 is 0.957 bits per heavy atom. The molecule has 1 aliphatic carbocycles. The van der Waals surface area contributed by atoms with Gasteiger partial charge in [-0.25, -0.2) is 8.42 Å². The smallest absolute Gasteiger partial charge is 0.223 e. The van der Waals surface area contributed by atoms with E-state index in [0.29, 0.717) is 12.1 Å². The molecule has 0 bridgehead atoms. The number of hydrogen-bond donors (Lipinski definition) is 0. The molecule has 2 aliphatic heterocycles. The van der Waals surface area contributed by atoms with Crippen molar-refractivity contribution in [1.29, 1.82) is 0 Å². The second kappa shape index (κ2) is 7.09. The summed E-state index contributed by atoms with van der Waals surface area (Å²) >= 11 is 0. The molecule has 3 fully saturated rings. The molecule has 132 valence electrons. The van der Waals surface area contributed by atoms with Crippen LogP contribution in [0.2, 0.25) is 0 Å². The van der Waals surface area contributed by atoms with Gasteiger partial charge in [-0.15, -0.1) is 0 Å². The summed E-state index contributed by atoms with van der Waals surface area (Å²) in [5.41, 5.74) is 0. The minimum atomic E-state index is -3.09. The van der Waals surface area contributed by atoms with E-state index in [-0.39, 0.29) is 23.3 Å². The fourth-order valence-electron chi connectivity index (χ4n) is 4.71. The number of rotatable bonds is 5. The van der Waals surface area contributed by atoms with Crippen LogP contribution in [0.5, 0.6) is 0 Å². The predicted octanol–water partition coefficient (Wildman–Crippen LogP) is 1.82. The monoisotopic (exact) mass is 342 g/mol. The van der Waals surface area contributed by atoms with Gasteiger partial charge in [0.15, 0.2) is 9.84 Å². The van der Waals surface area contributed by atoms with Crippen LogP contribution < -0.4 is 0 Å². The number of nitrogens with zero attached hydrogens (tertiary/aromatic N) is 2. The van der Waals surface area contributed by atoms with Gasteiger partial charge in [-0.3, -0.25) is 4.79 Å². The van der Waals surface area contributed by atoms with E-state index in [4.69, 9.17) is 0 Å². The Hall–Kier alpha value is -0.620. The summed E-state index contributed by atoms with van der Waals surface area (Å²) in [7, 11) is -0.948. The van der Waals surface area contributed by atoms with Crippen molar-refractivity contribution in [2.75, 3.05) is 25.9 Å². The zero-order chi connectivity index (χ0) is 16.4. The van der Waals surface area contributed by atoms with Crippen LogP contribution in [0.15, 0.2) is 0 Å². The Bertz CT molecular complexity index is 528. The van der Waals surface area contributed by atoms with E-state index in [1.54, 1.807) is 0 Å². The van der Waals surface area contributed by atoms with Gasteiger partial charge >= 0.3 is 0 Å². The normalized spacial score (nSPS) is 30.4. The van der Waals surface area contributed by atoms with Crippen LogP contribution in [0.25, 0.3) is 0 Å². The van der Waals surface area contributed by atoms with Crippen molar-refractivity contribution in [1.82, 2.24) is 9.80 Å². The van der Waals surface area contributed by atoms with E-state index in [2.05, 4.69) is 11.9 Å². The van der Waals surface area contributed by atoms with Crippen molar-refractivity contribution in [2.24, 2.45) is 0 Å². The second-order valence-corrected chi connectivity index (χ2v) is 9.91. The molecule has 0 spiro atoms. The minimum absolute atomic E-state index is 0.0419. The molecule has 1 amide bonds. The lowest BCUT2D eigenvalue weighted by molar-refractivity contribution is -0.132.